The SMILES string of the molecule is COC(=O)C(=O)N(CCCCc1ccccc1)c1cc(-c2ccc(F)cc2)ccc1OC. The molecule has 0 bridgehead atoms. The maximum atomic E-state index is 13.3. The molecule has 5 nitrogen and oxygen atoms in total. The molecule has 0 radical (unpaired) electrons. The van der Waals surface area contributed by atoms with Crippen molar-refractivity contribution in [1.82, 2.24) is 0 Å². The molecular formula is C26H26FNO4. The van der Waals surface area contributed by atoms with Crippen molar-refractivity contribution in [2.24, 2.45) is 0 Å². The Kier molecular flexibility index (Phi) is 7.97. The lowest BCUT2D eigenvalue weighted by atomic mass is 10.0. The Bertz CT molecular complexity index is 1050. The first-order valence-corrected chi connectivity index (χ1v) is 10.4. The number of carbonyl (C=O) groups excluding carboxylic acids is 2. The monoisotopic (exact) mass is 435 g/mol. The Labute approximate surface area is 187 Å². The largest absolute Gasteiger partial charge is 0.495 e. The molecule has 0 aromatic heterocycles. The minimum absolute atomic E-state index is 0.323. The van der Waals surface area contributed by atoms with E-state index >= 15 is 0 Å². The van der Waals surface area contributed by atoms with Crippen LogP contribution in [0.2, 0.25) is 0 Å². The molecule has 0 heterocycles. The summed E-state index contributed by atoms with van der Waals surface area (Å²) in [5, 5.41) is 0. The highest BCUT2D eigenvalue weighted by Crippen LogP contribution is 2.34. The summed E-state index contributed by atoms with van der Waals surface area (Å²) in [5.41, 5.74) is 3.23. The minimum Gasteiger partial charge on any atom is -0.495 e. The van der Waals surface area contributed by atoms with Gasteiger partial charge in [-0.25, -0.2) is 9.18 Å². The van der Waals surface area contributed by atoms with Crippen LogP contribution in [0.5, 0.6) is 5.75 Å². The number of rotatable bonds is 8. The zero-order chi connectivity index (χ0) is 22.9. The van der Waals surface area contributed by atoms with E-state index in [0.29, 0.717) is 24.4 Å². The Hall–Kier alpha value is -3.67. The molecular weight excluding hydrogens is 409 g/mol. The summed E-state index contributed by atoms with van der Waals surface area (Å²) in [5.74, 6) is -1.58. The van der Waals surface area contributed by atoms with Gasteiger partial charge < -0.3 is 9.47 Å². The van der Waals surface area contributed by atoms with E-state index in [2.05, 4.69) is 16.9 Å². The predicted molar refractivity (Wildman–Crippen MR) is 122 cm³/mol. The van der Waals surface area contributed by atoms with Crippen molar-refractivity contribution in [3.05, 3.63) is 84.2 Å². The minimum atomic E-state index is -0.942. The third-order valence-corrected chi connectivity index (χ3v) is 5.19. The highest BCUT2D eigenvalue weighted by atomic mass is 19.1. The molecule has 3 rings (SSSR count). The quantitative estimate of drug-likeness (QED) is 0.283. The number of ether oxygens (including phenoxy) is 2. The molecule has 32 heavy (non-hydrogen) atoms. The number of esters is 1. The molecule has 166 valence electrons. The van der Waals surface area contributed by atoms with Crippen LogP contribution in [0.25, 0.3) is 11.1 Å². The fraction of sp³-hybridized carbons (Fsp3) is 0.231. The number of benzene rings is 3. The van der Waals surface area contributed by atoms with Crippen LogP contribution in [0.3, 0.4) is 0 Å². The molecule has 0 fully saturated rings. The second-order valence-electron chi connectivity index (χ2n) is 7.28. The van der Waals surface area contributed by atoms with E-state index in [-0.39, 0.29) is 5.82 Å². The average Bonchev–Trinajstić information content (AvgIpc) is 2.84. The van der Waals surface area contributed by atoms with Gasteiger partial charge in [-0.15, -0.1) is 0 Å². The number of unbranched alkanes of at least 4 members (excludes halogenated alkanes) is 1. The van der Waals surface area contributed by atoms with Crippen molar-refractivity contribution in [2.75, 3.05) is 25.7 Å². The van der Waals surface area contributed by atoms with Crippen LogP contribution in [-0.2, 0) is 20.7 Å². The number of aryl methyl sites for hydroxylation is 1. The molecule has 0 unspecified atom stereocenters. The first kappa shape index (κ1) is 23.0. The van der Waals surface area contributed by atoms with E-state index in [0.717, 1.165) is 24.0 Å². The molecule has 0 spiro atoms. The summed E-state index contributed by atoms with van der Waals surface area (Å²) < 4.78 is 23.5. The topological polar surface area (TPSA) is 55.8 Å². The standard InChI is InChI=1S/C26H26FNO4/c1-31-24-16-13-21(20-11-14-22(27)15-12-20)18-23(24)28(25(29)26(30)32-2)17-7-6-10-19-8-4-3-5-9-19/h3-5,8-9,11-16,18H,6-7,10,17H2,1-2H3. The third kappa shape index (κ3) is 5.72. The number of hydrogen-bond acceptors (Lipinski definition) is 4. The van der Waals surface area contributed by atoms with Crippen molar-refractivity contribution in [3.63, 3.8) is 0 Å². The first-order chi connectivity index (χ1) is 15.5. The van der Waals surface area contributed by atoms with Gasteiger partial charge in [0.05, 0.1) is 19.9 Å². The normalized spacial score (nSPS) is 10.5. The fourth-order valence-corrected chi connectivity index (χ4v) is 3.50. The summed E-state index contributed by atoms with van der Waals surface area (Å²) >= 11 is 0. The van der Waals surface area contributed by atoms with Gasteiger partial charge in [0, 0.05) is 6.54 Å². The van der Waals surface area contributed by atoms with Crippen molar-refractivity contribution < 1.29 is 23.5 Å². The summed E-state index contributed by atoms with van der Waals surface area (Å²) in [7, 11) is 2.69. The molecule has 0 aliphatic rings. The number of nitrogens with zero attached hydrogens (tertiary/aromatic N) is 1. The number of carbonyl (C=O) groups is 2. The highest BCUT2D eigenvalue weighted by molar-refractivity contribution is 6.38. The Morgan fingerprint density at radius 1 is 0.875 bits per heavy atom. The number of halogens is 1. The third-order valence-electron chi connectivity index (χ3n) is 5.19. The smallest absolute Gasteiger partial charge is 0.397 e. The maximum absolute atomic E-state index is 13.3. The van der Waals surface area contributed by atoms with Gasteiger partial charge >= 0.3 is 11.9 Å². The van der Waals surface area contributed by atoms with Crippen molar-refractivity contribution >= 4 is 17.6 Å². The van der Waals surface area contributed by atoms with Gasteiger partial charge in [-0.3, -0.25) is 9.69 Å². The Morgan fingerprint density at radius 3 is 2.22 bits per heavy atom. The molecule has 0 N–H and O–H groups in total. The highest BCUT2D eigenvalue weighted by Gasteiger charge is 2.26. The van der Waals surface area contributed by atoms with Crippen LogP contribution in [-0.4, -0.2) is 32.6 Å². The predicted octanol–water partition coefficient (Wildman–Crippen LogP) is 5.03. The Balaban J connectivity index is 1.86. The lowest BCUT2D eigenvalue weighted by Crippen LogP contribution is -2.38. The molecule has 0 saturated heterocycles. The molecule has 0 atom stereocenters. The summed E-state index contributed by atoms with van der Waals surface area (Å²) in [4.78, 5) is 26.3. The fourth-order valence-electron chi connectivity index (χ4n) is 3.50. The van der Waals surface area contributed by atoms with Crippen molar-refractivity contribution in [2.45, 2.75) is 19.3 Å². The van der Waals surface area contributed by atoms with Crippen LogP contribution >= 0.6 is 0 Å². The molecule has 1 amide bonds. The van der Waals surface area contributed by atoms with E-state index in [1.54, 1.807) is 24.3 Å². The van der Waals surface area contributed by atoms with E-state index in [4.69, 9.17) is 4.74 Å². The van der Waals surface area contributed by atoms with Crippen LogP contribution in [0.15, 0.2) is 72.8 Å². The molecule has 3 aromatic carbocycles. The molecule has 0 saturated carbocycles. The summed E-state index contributed by atoms with van der Waals surface area (Å²) in [6, 6.07) is 21.5. The average molecular weight is 435 g/mol. The number of methoxy groups -OCH3 is 2. The number of hydrogen-bond donors (Lipinski definition) is 0. The molecule has 0 aliphatic carbocycles. The van der Waals surface area contributed by atoms with Crippen LogP contribution in [0.1, 0.15) is 18.4 Å². The van der Waals surface area contributed by atoms with Gasteiger partial charge in [0.1, 0.15) is 11.6 Å². The van der Waals surface area contributed by atoms with E-state index in [1.165, 1.54) is 36.8 Å². The lowest BCUT2D eigenvalue weighted by Gasteiger charge is -2.24. The van der Waals surface area contributed by atoms with Gasteiger partial charge in [-0.2, -0.15) is 0 Å². The van der Waals surface area contributed by atoms with Crippen LogP contribution < -0.4 is 9.64 Å². The summed E-state index contributed by atoms with van der Waals surface area (Å²) in [6.07, 6.45) is 2.39. The van der Waals surface area contributed by atoms with Crippen LogP contribution in [0, 0.1) is 5.82 Å². The lowest BCUT2D eigenvalue weighted by molar-refractivity contribution is -0.151. The van der Waals surface area contributed by atoms with Gasteiger partial charge in [-0.1, -0.05) is 48.5 Å². The summed E-state index contributed by atoms with van der Waals surface area (Å²) in [6.45, 7) is 0.323. The van der Waals surface area contributed by atoms with E-state index < -0.39 is 11.9 Å². The maximum Gasteiger partial charge on any atom is 0.397 e. The number of anilines is 1. The first-order valence-electron chi connectivity index (χ1n) is 10.4. The van der Waals surface area contributed by atoms with Crippen LogP contribution in [0.4, 0.5) is 10.1 Å². The van der Waals surface area contributed by atoms with Gasteiger partial charge in [0.2, 0.25) is 0 Å². The van der Waals surface area contributed by atoms with Crippen molar-refractivity contribution in [1.29, 1.82) is 0 Å². The zero-order valence-electron chi connectivity index (χ0n) is 18.2. The Morgan fingerprint density at radius 2 is 1.56 bits per heavy atom. The van der Waals surface area contributed by atoms with Gasteiger partial charge in [0.15, 0.2) is 0 Å². The van der Waals surface area contributed by atoms with E-state index in [1.807, 2.05) is 24.3 Å². The zero-order valence-corrected chi connectivity index (χ0v) is 18.2. The molecule has 3 aromatic rings. The second kappa shape index (κ2) is 11.1. The van der Waals surface area contributed by atoms with E-state index in [9.17, 15) is 14.0 Å². The van der Waals surface area contributed by atoms with Gasteiger partial charge in [-0.05, 0) is 60.2 Å². The number of amides is 1. The molecule has 6 heteroatoms. The van der Waals surface area contributed by atoms with Crippen molar-refractivity contribution in [3.8, 4) is 16.9 Å². The van der Waals surface area contributed by atoms with Gasteiger partial charge in [0.25, 0.3) is 0 Å². The second-order valence-corrected chi connectivity index (χ2v) is 7.28. The molecule has 0 aliphatic heterocycles.